The number of methoxy groups -OCH3 is 2. The second-order valence-corrected chi connectivity index (χ2v) is 7.72. The number of carbonyl (C=O) groups is 1. The molecule has 31 heavy (non-hydrogen) atoms. The monoisotopic (exact) mass is 458 g/mol. The van der Waals surface area contributed by atoms with E-state index in [0.29, 0.717) is 51.2 Å². The number of benzene rings is 2. The van der Waals surface area contributed by atoms with E-state index >= 15 is 0 Å². The Labute approximate surface area is 191 Å². The molecular weight excluding hydrogens is 436 g/mol. The van der Waals surface area contributed by atoms with Gasteiger partial charge in [-0.25, -0.2) is 4.99 Å². The Kier molecular flexibility index (Phi) is 7.65. The van der Waals surface area contributed by atoms with Gasteiger partial charge in [0.15, 0.2) is 16.7 Å². The summed E-state index contributed by atoms with van der Waals surface area (Å²) in [6.07, 6.45) is 3.48. The van der Waals surface area contributed by atoms with E-state index in [0.717, 1.165) is 5.56 Å². The van der Waals surface area contributed by atoms with Crippen molar-refractivity contribution in [3.63, 3.8) is 0 Å². The van der Waals surface area contributed by atoms with Gasteiger partial charge >= 0.3 is 0 Å². The van der Waals surface area contributed by atoms with Crippen molar-refractivity contribution in [3.05, 3.63) is 65.3 Å². The molecule has 0 unspecified atom stereocenters. The van der Waals surface area contributed by atoms with Crippen LogP contribution in [-0.2, 0) is 4.79 Å². The van der Waals surface area contributed by atoms with Gasteiger partial charge in [-0.15, -0.1) is 6.58 Å². The Morgan fingerprint density at radius 2 is 1.87 bits per heavy atom. The first-order chi connectivity index (χ1) is 15.0. The van der Waals surface area contributed by atoms with E-state index in [9.17, 15) is 4.79 Å². The summed E-state index contributed by atoms with van der Waals surface area (Å²) in [5.74, 6) is 2.12. The minimum Gasteiger partial charge on any atom is -0.495 e. The third kappa shape index (κ3) is 5.06. The van der Waals surface area contributed by atoms with Gasteiger partial charge in [0.1, 0.15) is 11.4 Å². The van der Waals surface area contributed by atoms with Gasteiger partial charge in [-0.1, -0.05) is 35.5 Å². The lowest BCUT2D eigenvalue weighted by Crippen LogP contribution is -2.30. The number of anilines is 1. The molecule has 1 aliphatic rings. The lowest BCUT2D eigenvalue weighted by atomic mass is 10.1. The molecule has 2 aromatic carbocycles. The number of carbonyl (C=O) groups excluding carboxylic acids is 1. The Morgan fingerprint density at radius 3 is 2.52 bits per heavy atom. The molecule has 0 atom stereocenters. The molecule has 0 aliphatic carbocycles. The van der Waals surface area contributed by atoms with Crippen LogP contribution in [0.3, 0.4) is 0 Å². The van der Waals surface area contributed by atoms with Crippen LogP contribution >= 0.6 is 23.4 Å². The van der Waals surface area contributed by atoms with E-state index in [1.807, 2.05) is 25.1 Å². The topological polar surface area (TPSA) is 60.4 Å². The summed E-state index contributed by atoms with van der Waals surface area (Å²) in [6.45, 7) is 6.18. The Balaban J connectivity index is 1.98. The zero-order valence-electron chi connectivity index (χ0n) is 17.6. The molecule has 0 radical (unpaired) electrons. The average molecular weight is 459 g/mol. The quantitative estimate of drug-likeness (QED) is 0.390. The number of ether oxygens (including phenoxy) is 3. The van der Waals surface area contributed by atoms with Crippen molar-refractivity contribution in [2.75, 3.05) is 31.5 Å². The number of nitrogens with zero attached hydrogens (tertiary/aromatic N) is 2. The lowest BCUT2D eigenvalue weighted by Gasteiger charge is -2.18. The Hall–Kier alpha value is -2.90. The highest BCUT2D eigenvalue weighted by Gasteiger charge is 2.32. The van der Waals surface area contributed by atoms with Crippen LogP contribution in [0.2, 0.25) is 5.02 Å². The van der Waals surface area contributed by atoms with Crippen LogP contribution in [0.15, 0.2) is 59.7 Å². The van der Waals surface area contributed by atoms with Crippen LogP contribution < -0.4 is 19.1 Å². The number of rotatable bonds is 8. The highest BCUT2D eigenvalue weighted by atomic mass is 35.5. The Bertz CT molecular complexity index is 1050. The molecule has 162 valence electrons. The van der Waals surface area contributed by atoms with Crippen molar-refractivity contribution in [2.24, 2.45) is 4.99 Å². The van der Waals surface area contributed by atoms with E-state index in [1.54, 1.807) is 44.6 Å². The number of amidine groups is 1. The van der Waals surface area contributed by atoms with Crippen LogP contribution in [0, 0.1) is 0 Å². The number of amides is 1. The van der Waals surface area contributed by atoms with Gasteiger partial charge in [-0.3, -0.25) is 9.69 Å². The molecule has 8 heteroatoms. The second-order valence-electron chi connectivity index (χ2n) is 6.33. The Morgan fingerprint density at radius 1 is 1.13 bits per heavy atom. The molecule has 0 fully saturated rings. The zero-order chi connectivity index (χ0) is 22.4. The van der Waals surface area contributed by atoms with Crippen molar-refractivity contribution in [1.29, 1.82) is 0 Å². The van der Waals surface area contributed by atoms with Crippen molar-refractivity contribution >= 4 is 46.2 Å². The van der Waals surface area contributed by atoms with Gasteiger partial charge in [0.05, 0.1) is 31.5 Å². The van der Waals surface area contributed by atoms with Gasteiger partial charge in [0, 0.05) is 5.75 Å². The lowest BCUT2D eigenvalue weighted by molar-refractivity contribution is -0.113. The molecule has 0 aromatic heterocycles. The van der Waals surface area contributed by atoms with Gasteiger partial charge in [-0.05, 0) is 48.9 Å². The van der Waals surface area contributed by atoms with Crippen LogP contribution in [-0.4, -0.2) is 37.7 Å². The smallest absolute Gasteiger partial charge is 0.283 e. The summed E-state index contributed by atoms with van der Waals surface area (Å²) in [5, 5.41) is 0.963. The van der Waals surface area contributed by atoms with E-state index in [-0.39, 0.29) is 5.91 Å². The van der Waals surface area contributed by atoms with Crippen LogP contribution in [0.1, 0.15) is 12.5 Å². The normalized spacial score (nSPS) is 14.6. The molecule has 0 saturated carbocycles. The van der Waals surface area contributed by atoms with Crippen molar-refractivity contribution in [3.8, 4) is 17.2 Å². The molecule has 0 spiro atoms. The molecule has 1 amide bonds. The van der Waals surface area contributed by atoms with E-state index < -0.39 is 0 Å². The van der Waals surface area contributed by atoms with Gasteiger partial charge < -0.3 is 14.2 Å². The van der Waals surface area contributed by atoms with E-state index in [2.05, 4.69) is 11.6 Å². The molecule has 0 saturated heterocycles. The maximum Gasteiger partial charge on any atom is 0.283 e. The average Bonchev–Trinajstić information content (AvgIpc) is 3.08. The number of halogens is 1. The van der Waals surface area contributed by atoms with Crippen LogP contribution in [0.5, 0.6) is 17.2 Å². The van der Waals surface area contributed by atoms with Crippen LogP contribution in [0.4, 0.5) is 5.69 Å². The minimum atomic E-state index is -0.249. The van der Waals surface area contributed by atoms with Crippen molar-refractivity contribution in [1.82, 2.24) is 0 Å². The third-order valence-electron chi connectivity index (χ3n) is 4.34. The second kappa shape index (κ2) is 10.4. The van der Waals surface area contributed by atoms with Crippen molar-refractivity contribution < 1.29 is 19.0 Å². The summed E-state index contributed by atoms with van der Waals surface area (Å²) in [4.78, 5) is 19.4. The summed E-state index contributed by atoms with van der Waals surface area (Å²) < 4.78 is 16.2. The maximum absolute atomic E-state index is 13.2. The molecule has 0 N–H and O–H groups in total. The molecule has 1 heterocycles. The van der Waals surface area contributed by atoms with Gasteiger partial charge in [0.2, 0.25) is 0 Å². The molecule has 1 aliphatic heterocycles. The highest BCUT2D eigenvalue weighted by Crippen LogP contribution is 2.35. The number of thioether (sulfide) groups is 1. The first-order valence-corrected chi connectivity index (χ1v) is 10.9. The van der Waals surface area contributed by atoms with E-state index in [4.69, 9.17) is 25.8 Å². The SMILES string of the molecule is C=CCSC1=N/C(=C/c2ccc(OCC)c(OC)c2)C(=O)N1c1ccc(OC)c(Cl)c1. The zero-order valence-corrected chi connectivity index (χ0v) is 19.1. The van der Waals surface area contributed by atoms with Crippen LogP contribution in [0.25, 0.3) is 6.08 Å². The number of aliphatic imine (C=N–C) groups is 1. The molecule has 0 bridgehead atoms. The first kappa shape index (κ1) is 22.8. The number of hydrogen-bond acceptors (Lipinski definition) is 6. The largest absolute Gasteiger partial charge is 0.495 e. The predicted octanol–water partition coefficient (Wildman–Crippen LogP) is 5.42. The van der Waals surface area contributed by atoms with Gasteiger partial charge in [0.25, 0.3) is 5.91 Å². The molecule has 2 aromatic rings. The van der Waals surface area contributed by atoms with Crippen molar-refractivity contribution in [2.45, 2.75) is 6.92 Å². The summed E-state index contributed by atoms with van der Waals surface area (Å²) in [6, 6.07) is 10.7. The summed E-state index contributed by atoms with van der Waals surface area (Å²) in [7, 11) is 3.12. The minimum absolute atomic E-state index is 0.249. The fourth-order valence-electron chi connectivity index (χ4n) is 2.96. The third-order valence-corrected chi connectivity index (χ3v) is 5.57. The maximum atomic E-state index is 13.2. The summed E-state index contributed by atoms with van der Waals surface area (Å²) in [5.41, 5.74) is 1.69. The fraction of sp³-hybridized carbons (Fsp3) is 0.217. The molecule has 3 rings (SSSR count). The molecule has 6 nitrogen and oxygen atoms in total. The summed E-state index contributed by atoms with van der Waals surface area (Å²) >= 11 is 7.70. The molecular formula is C23H23ClN2O4S. The standard InChI is InChI=1S/C23H23ClN2O4S/c1-5-11-31-23-25-18(12-15-7-9-20(30-6-2)21(13-15)29-4)22(27)26(23)16-8-10-19(28-3)17(24)14-16/h5,7-10,12-14H,1,6,11H2,2-4H3/b18-12+. The van der Waals surface area contributed by atoms with E-state index in [1.165, 1.54) is 16.7 Å². The number of hydrogen-bond donors (Lipinski definition) is 0. The first-order valence-electron chi connectivity index (χ1n) is 9.55. The predicted molar refractivity (Wildman–Crippen MR) is 128 cm³/mol. The fourth-order valence-corrected chi connectivity index (χ4v) is 3.95. The van der Waals surface area contributed by atoms with Gasteiger partial charge in [-0.2, -0.15) is 0 Å². The highest BCUT2D eigenvalue weighted by molar-refractivity contribution is 8.14.